The van der Waals surface area contributed by atoms with Crippen LogP contribution < -0.4 is 9.80 Å². The number of aryl methyl sites for hydroxylation is 3. The second-order valence-corrected chi connectivity index (χ2v) is 15.2. The molecule has 0 radical (unpaired) electrons. The van der Waals surface area contributed by atoms with Crippen molar-refractivity contribution in [1.29, 1.82) is 0 Å². The fourth-order valence-corrected chi connectivity index (χ4v) is 8.11. The first-order valence-electron chi connectivity index (χ1n) is 20.0. The monoisotopic (exact) mass is 772 g/mol. The molecule has 6 aromatic carbocycles. The number of thioether (sulfide) groups is 1. The molecule has 57 heavy (non-hydrogen) atoms. The SMILES string of the molecule is CCOCCN(c1ccc(C)cc1)c1ccc([C+](c2ccc(N(CCOCC)c3ccc(C)cc3)cc2)c2c(-c3ccccc3)n(C)c3ccc(SC)cc23)cc1. The molecule has 6 heteroatoms. The number of anilines is 4. The maximum Gasteiger partial charge on any atom is 0.103 e. The highest BCUT2D eigenvalue weighted by molar-refractivity contribution is 7.98. The molecule has 0 spiro atoms. The summed E-state index contributed by atoms with van der Waals surface area (Å²) in [5, 5.41) is 1.24. The van der Waals surface area contributed by atoms with Crippen molar-refractivity contribution < 1.29 is 9.47 Å². The minimum atomic E-state index is 0.647. The van der Waals surface area contributed by atoms with Crippen LogP contribution in [0.15, 0.2) is 150 Å². The summed E-state index contributed by atoms with van der Waals surface area (Å²) in [6.07, 6.45) is 2.15. The van der Waals surface area contributed by atoms with Crippen molar-refractivity contribution in [3.63, 3.8) is 0 Å². The Morgan fingerprint density at radius 3 is 1.47 bits per heavy atom. The summed E-state index contributed by atoms with van der Waals surface area (Å²) in [5.41, 5.74) is 14.2. The number of fused-ring (bicyclic) bond motifs is 1. The van der Waals surface area contributed by atoms with E-state index in [-0.39, 0.29) is 0 Å². The summed E-state index contributed by atoms with van der Waals surface area (Å²) in [6.45, 7) is 12.6. The topological polar surface area (TPSA) is 29.9 Å². The van der Waals surface area contributed by atoms with Gasteiger partial charge in [0, 0.05) is 55.2 Å². The van der Waals surface area contributed by atoms with Crippen LogP contribution in [0, 0.1) is 19.8 Å². The van der Waals surface area contributed by atoms with E-state index in [1.165, 1.54) is 49.7 Å². The lowest BCUT2D eigenvalue weighted by Gasteiger charge is -2.26. The summed E-state index contributed by atoms with van der Waals surface area (Å²) >= 11 is 1.78. The average molecular weight is 773 g/mol. The Morgan fingerprint density at radius 1 is 0.579 bits per heavy atom. The fourth-order valence-electron chi connectivity index (χ4n) is 7.67. The van der Waals surface area contributed by atoms with Crippen molar-refractivity contribution in [2.75, 3.05) is 55.6 Å². The number of nitrogens with zero attached hydrogens (tertiary/aromatic N) is 3. The van der Waals surface area contributed by atoms with Crippen LogP contribution in [0.25, 0.3) is 22.2 Å². The molecule has 0 unspecified atom stereocenters. The van der Waals surface area contributed by atoms with Crippen LogP contribution in [-0.4, -0.2) is 50.3 Å². The van der Waals surface area contributed by atoms with Gasteiger partial charge in [-0.25, -0.2) is 0 Å². The van der Waals surface area contributed by atoms with Gasteiger partial charge in [-0.05, 0) is 137 Å². The van der Waals surface area contributed by atoms with E-state index in [1.54, 1.807) is 11.8 Å². The molecular formula is C51H54N3O2S+. The predicted molar refractivity (Wildman–Crippen MR) is 243 cm³/mol. The quantitative estimate of drug-likeness (QED) is 0.0522. The van der Waals surface area contributed by atoms with E-state index in [0.717, 1.165) is 47.0 Å². The van der Waals surface area contributed by atoms with E-state index in [2.05, 4.69) is 201 Å². The summed E-state index contributed by atoms with van der Waals surface area (Å²) in [7, 11) is 2.20. The molecule has 0 aliphatic rings. The standard InChI is InChI=1S/C51H54N3O2S/c1-7-55-34-32-53(42-22-14-37(3)15-23-42)44-26-18-39(19-27-44)49(40-20-28-45(29-21-40)54(33-35-56-8-2)43-24-16-38(4)17-25-43)50-47-36-46(57-6)30-31-48(47)52(5)51(50)41-12-10-9-11-13-41/h9-31,36H,7-8,32-35H2,1-6H3/q+1. The van der Waals surface area contributed by atoms with Crippen LogP contribution in [0.5, 0.6) is 0 Å². The Kier molecular flexibility index (Phi) is 13.1. The molecule has 7 rings (SSSR count). The summed E-state index contributed by atoms with van der Waals surface area (Å²) < 4.78 is 14.1. The summed E-state index contributed by atoms with van der Waals surface area (Å²) in [5.74, 6) is 1.20. The van der Waals surface area contributed by atoms with Crippen LogP contribution in [0.3, 0.4) is 0 Å². The smallest absolute Gasteiger partial charge is 0.103 e. The lowest BCUT2D eigenvalue weighted by Crippen LogP contribution is -2.22. The van der Waals surface area contributed by atoms with Crippen molar-refractivity contribution in [2.24, 2.45) is 7.05 Å². The predicted octanol–water partition coefficient (Wildman–Crippen LogP) is 12.6. The van der Waals surface area contributed by atoms with Crippen LogP contribution in [-0.2, 0) is 16.5 Å². The van der Waals surface area contributed by atoms with E-state index in [1.807, 2.05) is 0 Å². The van der Waals surface area contributed by atoms with Gasteiger partial charge in [0.1, 0.15) is 5.69 Å². The number of hydrogen-bond acceptors (Lipinski definition) is 5. The first-order chi connectivity index (χ1) is 27.9. The molecule has 0 amide bonds. The number of ether oxygens (including phenoxy) is 2. The molecular weight excluding hydrogens is 719 g/mol. The molecule has 0 saturated heterocycles. The second kappa shape index (κ2) is 18.7. The zero-order valence-electron chi connectivity index (χ0n) is 34.2. The Hall–Kier alpha value is -5.40. The van der Waals surface area contributed by atoms with Gasteiger partial charge in [-0.2, -0.15) is 0 Å². The molecule has 0 N–H and O–H groups in total. The molecule has 0 bridgehead atoms. The highest BCUT2D eigenvalue weighted by atomic mass is 32.2. The fraction of sp³-hybridized carbons (Fsp3) is 0.235. The van der Waals surface area contributed by atoms with Crippen molar-refractivity contribution in [3.8, 4) is 11.3 Å². The van der Waals surface area contributed by atoms with Gasteiger partial charge in [-0.3, -0.25) is 0 Å². The van der Waals surface area contributed by atoms with Gasteiger partial charge in [0.2, 0.25) is 0 Å². The zero-order chi connectivity index (χ0) is 39.7. The highest BCUT2D eigenvalue weighted by Crippen LogP contribution is 2.45. The molecule has 0 saturated carbocycles. The van der Waals surface area contributed by atoms with E-state index >= 15 is 0 Å². The normalized spacial score (nSPS) is 11.3. The van der Waals surface area contributed by atoms with E-state index < -0.39 is 0 Å². The molecule has 0 aliphatic heterocycles. The lowest BCUT2D eigenvalue weighted by molar-refractivity contribution is 0.155. The maximum atomic E-state index is 5.85. The Balaban J connectivity index is 1.39. The van der Waals surface area contributed by atoms with Gasteiger partial charge in [-0.1, -0.05) is 53.6 Å². The third-order valence-electron chi connectivity index (χ3n) is 10.7. The zero-order valence-corrected chi connectivity index (χ0v) is 35.0. The Morgan fingerprint density at radius 2 is 1.04 bits per heavy atom. The van der Waals surface area contributed by atoms with Crippen molar-refractivity contribution in [1.82, 2.24) is 4.57 Å². The van der Waals surface area contributed by atoms with Gasteiger partial charge in [0.15, 0.2) is 0 Å². The largest absolute Gasteiger partial charge is 0.380 e. The van der Waals surface area contributed by atoms with Crippen LogP contribution in [0.4, 0.5) is 22.7 Å². The van der Waals surface area contributed by atoms with Gasteiger partial charge in [0.05, 0.1) is 58.1 Å². The Labute approximate surface area is 343 Å². The lowest BCUT2D eigenvalue weighted by atomic mass is 9.82. The molecule has 0 fully saturated rings. The van der Waals surface area contributed by atoms with E-state index in [9.17, 15) is 0 Å². The Bertz CT molecular complexity index is 2230. The summed E-state index contributed by atoms with van der Waals surface area (Å²) in [6, 6.07) is 53.5. The van der Waals surface area contributed by atoms with Crippen LogP contribution >= 0.6 is 11.8 Å². The number of benzene rings is 6. The highest BCUT2D eigenvalue weighted by Gasteiger charge is 2.33. The van der Waals surface area contributed by atoms with Crippen LogP contribution in [0.2, 0.25) is 0 Å². The van der Waals surface area contributed by atoms with E-state index in [0.29, 0.717) is 26.4 Å². The first-order valence-corrected chi connectivity index (χ1v) is 21.3. The summed E-state index contributed by atoms with van der Waals surface area (Å²) in [4.78, 5) is 5.95. The third-order valence-corrected chi connectivity index (χ3v) is 11.4. The van der Waals surface area contributed by atoms with Crippen LogP contribution in [0.1, 0.15) is 41.7 Å². The minimum Gasteiger partial charge on any atom is -0.380 e. The molecule has 7 aromatic rings. The van der Waals surface area contributed by atoms with Gasteiger partial charge >= 0.3 is 0 Å². The third kappa shape index (κ3) is 8.94. The molecule has 1 aromatic heterocycles. The van der Waals surface area contributed by atoms with Crippen molar-refractivity contribution in [2.45, 2.75) is 32.6 Å². The van der Waals surface area contributed by atoms with Crippen molar-refractivity contribution in [3.05, 3.63) is 179 Å². The molecule has 0 aliphatic carbocycles. The number of rotatable bonds is 17. The minimum absolute atomic E-state index is 0.647. The molecule has 5 nitrogen and oxygen atoms in total. The molecule has 1 heterocycles. The van der Waals surface area contributed by atoms with Gasteiger partial charge < -0.3 is 23.8 Å². The number of hydrogen-bond donors (Lipinski definition) is 0. The first kappa shape index (κ1) is 39.8. The maximum absolute atomic E-state index is 5.85. The van der Waals surface area contributed by atoms with Crippen molar-refractivity contribution >= 4 is 45.4 Å². The van der Waals surface area contributed by atoms with Gasteiger partial charge in [0.25, 0.3) is 0 Å². The molecule has 290 valence electrons. The average Bonchev–Trinajstić information content (AvgIpc) is 3.53. The van der Waals surface area contributed by atoms with Gasteiger partial charge in [-0.15, -0.1) is 11.8 Å². The number of aromatic nitrogens is 1. The second-order valence-electron chi connectivity index (χ2n) is 14.4. The molecule has 0 atom stereocenters. The van der Waals surface area contributed by atoms with E-state index in [4.69, 9.17) is 9.47 Å².